The molecule has 0 bridgehead atoms. The normalized spacial score (nSPS) is 14.9. The zero-order valence-electron chi connectivity index (χ0n) is 8.79. The summed E-state index contributed by atoms with van der Waals surface area (Å²) in [5, 5.41) is 25.9. The number of aryl methyl sites for hydroxylation is 1. The number of carbonyl (C=O) groups is 1. The number of nitrogens with zero attached hydrogens (tertiary/aromatic N) is 3. The van der Waals surface area contributed by atoms with Gasteiger partial charge in [0.25, 0.3) is 0 Å². The number of rotatable bonds is 5. The maximum atomic E-state index is 11.0. The molecule has 2 N–H and O–H groups in total. The molecule has 6 nitrogen and oxygen atoms in total. The molecule has 2 atom stereocenters. The van der Waals surface area contributed by atoms with E-state index in [1.807, 2.05) is 6.92 Å². The van der Waals surface area contributed by atoms with Crippen LogP contribution in [0.1, 0.15) is 32.1 Å². The highest BCUT2D eigenvalue weighted by molar-refractivity contribution is 5.72. The zero-order chi connectivity index (χ0) is 11.4. The van der Waals surface area contributed by atoms with E-state index in [0.717, 1.165) is 6.42 Å². The van der Waals surface area contributed by atoms with Crippen molar-refractivity contribution in [1.82, 2.24) is 14.8 Å². The van der Waals surface area contributed by atoms with Crippen LogP contribution in [0.25, 0.3) is 0 Å². The highest BCUT2D eigenvalue weighted by Gasteiger charge is 2.27. The van der Waals surface area contributed by atoms with E-state index in [1.54, 1.807) is 0 Å². The van der Waals surface area contributed by atoms with Crippen molar-refractivity contribution in [2.24, 2.45) is 0 Å². The van der Waals surface area contributed by atoms with Gasteiger partial charge in [0.05, 0.1) is 6.10 Å². The monoisotopic (exact) mass is 213 g/mol. The summed E-state index contributed by atoms with van der Waals surface area (Å²) < 4.78 is 1.41. The lowest BCUT2D eigenvalue weighted by Gasteiger charge is -2.18. The number of aromatic nitrogens is 3. The quantitative estimate of drug-likeness (QED) is 0.731. The van der Waals surface area contributed by atoms with E-state index in [2.05, 4.69) is 10.2 Å². The number of hydrogen-bond acceptors (Lipinski definition) is 4. The van der Waals surface area contributed by atoms with Gasteiger partial charge in [0.1, 0.15) is 12.2 Å². The third kappa shape index (κ3) is 2.53. The first-order valence-corrected chi connectivity index (χ1v) is 4.87. The molecule has 0 amide bonds. The molecule has 0 radical (unpaired) electrons. The Bertz CT molecular complexity index is 335. The second-order valence-corrected chi connectivity index (χ2v) is 3.43. The van der Waals surface area contributed by atoms with E-state index in [0.29, 0.717) is 12.2 Å². The van der Waals surface area contributed by atoms with Crippen molar-refractivity contribution < 1.29 is 15.0 Å². The lowest BCUT2D eigenvalue weighted by Crippen LogP contribution is -2.30. The smallest absolute Gasteiger partial charge is 0.329 e. The number of carboxylic acids is 1. The van der Waals surface area contributed by atoms with Gasteiger partial charge in [-0.15, -0.1) is 10.2 Å². The molecule has 0 aromatic carbocycles. The lowest BCUT2D eigenvalue weighted by molar-refractivity contribution is -0.144. The SMILES string of the molecule is CCCc1nncn1C(C(=O)O)C(C)O. The number of aliphatic hydroxyl groups is 1. The Morgan fingerprint density at radius 3 is 2.80 bits per heavy atom. The van der Waals surface area contributed by atoms with E-state index >= 15 is 0 Å². The Kier molecular flexibility index (Phi) is 3.79. The highest BCUT2D eigenvalue weighted by atomic mass is 16.4. The maximum Gasteiger partial charge on any atom is 0.329 e. The molecule has 0 saturated carbocycles. The van der Waals surface area contributed by atoms with Crippen LogP contribution in [-0.4, -0.2) is 37.1 Å². The first-order valence-electron chi connectivity index (χ1n) is 4.87. The molecule has 1 aromatic rings. The molecule has 2 unspecified atom stereocenters. The minimum Gasteiger partial charge on any atom is -0.480 e. The molecule has 0 aliphatic carbocycles. The van der Waals surface area contributed by atoms with Crippen LogP contribution in [0.15, 0.2) is 6.33 Å². The summed E-state index contributed by atoms with van der Waals surface area (Å²) in [6.45, 7) is 3.41. The first-order chi connectivity index (χ1) is 7.07. The van der Waals surface area contributed by atoms with E-state index in [4.69, 9.17) is 5.11 Å². The van der Waals surface area contributed by atoms with Crippen LogP contribution in [0.4, 0.5) is 0 Å². The van der Waals surface area contributed by atoms with Gasteiger partial charge in [-0.3, -0.25) is 0 Å². The van der Waals surface area contributed by atoms with Gasteiger partial charge < -0.3 is 14.8 Å². The van der Waals surface area contributed by atoms with Gasteiger partial charge in [0.2, 0.25) is 0 Å². The van der Waals surface area contributed by atoms with Gasteiger partial charge in [0.15, 0.2) is 6.04 Å². The molecule has 0 aliphatic rings. The van der Waals surface area contributed by atoms with Crippen LogP contribution >= 0.6 is 0 Å². The molecule has 6 heteroatoms. The van der Waals surface area contributed by atoms with Gasteiger partial charge in [-0.05, 0) is 13.3 Å². The van der Waals surface area contributed by atoms with Gasteiger partial charge in [-0.2, -0.15) is 0 Å². The van der Waals surface area contributed by atoms with Crippen LogP contribution in [0.3, 0.4) is 0 Å². The van der Waals surface area contributed by atoms with Crippen LogP contribution < -0.4 is 0 Å². The summed E-state index contributed by atoms with van der Waals surface area (Å²) in [7, 11) is 0. The lowest BCUT2D eigenvalue weighted by atomic mass is 10.1. The number of aliphatic carboxylic acids is 1. The molecule has 1 aromatic heterocycles. The summed E-state index contributed by atoms with van der Waals surface area (Å²) in [6.07, 6.45) is 1.87. The van der Waals surface area contributed by atoms with E-state index < -0.39 is 18.1 Å². The summed E-state index contributed by atoms with van der Waals surface area (Å²) >= 11 is 0. The molecule has 0 fully saturated rings. The predicted octanol–water partition coefficient (Wildman–Crippen LogP) is 0.237. The molecule has 84 valence electrons. The van der Waals surface area contributed by atoms with Gasteiger partial charge >= 0.3 is 5.97 Å². The van der Waals surface area contributed by atoms with Crippen molar-refractivity contribution in [2.75, 3.05) is 0 Å². The average molecular weight is 213 g/mol. The van der Waals surface area contributed by atoms with Gasteiger partial charge in [-0.1, -0.05) is 6.92 Å². The van der Waals surface area contributed by atoms with E-state index in [-0.39, 0.29) is 0 Å². The fraction of sp³-hybridized carbons (Fsp3) is 0.667. The predicted molar refractivity (Wildman–Crippen MR) is 52.4 cm³/mol. The fourth-order valence-electron chi connectivity index (χ4n) is 1.46. The standard InChI is InChI=1S/C9H15N3O3/c1-3-4-7-11-10-5-12(7)8(6(2)13)9(14)15/h5-6,8,13H,3-4H2,1-2H3,(H,14,15). The topological polar surface area (TPSA) is 88.2 Å². The van der Waals surface area contributed by atoms with Crippen molar-refractivity contribution in [3.8, 4) is 0 Å². The molecule has 1 rings (SSSR count). The molecular weight excluding hydrogens is 198 g/mol. The van der Waals surface area contributed by atoms with Crippen LogP contribution in [-0.2, 0) is 11.2 Å². The molecule has 15 heavy (non-hydrogen) atoms. The molecule has 1 heterocycles. The summed E-state index contributed by atoms with van der Waals surface area (Å²) in [5.41, 5.74) is 0. The van der Waals surface area contributed by atoms with Crippen LogP contribution in [0.5, 0.6) is 0 Å². The summed E-state index contributed by atoms with van der Waals surface area (Å²) in [5.74, 6) is -0.493. The minimum absolute atomic E-state index is 0.589. The summed E-state index contributed by atoms with van der Waals surface area (Å²) in [6, 6.07) is -1.01. The van der Waals surface area contributed by atoms with Gasteiger partial charge in [0, 0.05) is 6.42 Å². The third-order valence-corrected chi connectivity index (χ3v) is 2.13. The van der Waals surface area contributed by atoms with E-state index in [9.17, 15) is 9.90 Å². The van der Waals surface area contributed by atoms with E-state index in [1.165, 1.54) is 17.8 Å². The largest absolute Gasteiger partial charge is 0.480 e. The maximum absolute atomic E-state index is 11.0. The number of hydrogen-bond donors (Lipinski definition) is 2. The van der Waals surface area contributed by atoms with Gasteiger partial charge in [-0.25, -0.2) is 4.79 Å². The Balaban J connectivity index is 3.00. The van der Waals surface area contributed by atoms with Crippen LogP contribution in [0.2, 0.25) is 0 Å². The molecule has 0 saturated heterocycles. The average Bonchev–Trinajstić information content (AvgIpc) is 2.53. The number of carboxylic acid groups (broad SMARTS) is 1. The van der Waals surface area contributed by atoms with Crippen molar-refractivity contribution in [1.29, 1.82) is 0 Å². The fourth-order valence-corrected chi connectivity index (χ4v) is 1.46. The Hall–Kier alpha value is -1.43. The highest BCUT2D eigenvalue weighted by Crippen LogP contribution is 2.14. The number of aliphatic hydroxyl groups excluding tert-OH is 1. The van der Waals surface area contributed by atoms with Crippen molar-refractivity contribution in [2.45, 2.75) is 38.8 Å². The van der Waals surface area contributed by atoms with Crippen molar-refractivity contribution in [3.63, 3.8) is 0 Å². The molecule has 0 spiro atoms. The third-order valence-electron chi connectivity index (χ3n) is 2.13. The summed E-state index contributed by atoms with van der Waals surface area (Å²) in [4.78, 5) is 11.0. The Morgan fingerprint density at radius 2 is 2.33 bits per heavy atom. The molecular formula is C9H15N3O3. The Labute approximate surface area is 87.6 Å². The molecule has 0 aliphatic heterocycles. The minimum atomic E-state index is -1.08. The second kappa shape index (κ2) is 4.88. The first kappa shape index (κ1) is 11.6. The van der Waals surface area contributed by atoms with Crippen molar-refractivity contribution in [3.05, 3.63) is 12.2 Å². The van der Waals surface area contributed by atoms with Crippen LogP contribution in [0, 0.1) is 0 Å². The second-order valence-electron chi connectivity index (χ2n) is 3.43. The zero-order valence-corrected chi connectivity index (χ0v) is 8.79. The Morgan fingerprint density at radius 1 is 1.67 bits per heavy atom. The van der Waals surface area contributed by atoms with Crippen molar-refractivity contribution >= 4 is 5.97 Å².